The molecule has 1 spiro atoms. The lowest BCUT2D eigenvalue weighted by atomic mass is 9.94. The first kappa shape index (κ1) is 17.0. The van der Waals surface area contributed by atoms with Gasteiger partial charge in [0.1, 0.15) is 5.82 Å². The molecule has 2 aliphatic rings. The van der Waals surface area contributed by atoms with E-state index in [1.807, 2.05) is 0 Å². The summed E-state index contributed by atoms with van der Waals surface area (Å²) < 4.78 is 80.1. The molecule has 1 heterocycles. The Morgan fingerprint density at radius 1 is 1.17 bits per heavy atom. The van der Waals surface area contributed by atoms with Gasteiger partial charge in [-0.1, -0.05) is 6.07 Å². The third-order valence-corrected chi connectivity index (χ3v) is 6.25. The Kier molecular flexibility index (Phi) is 4.11. The van der Waals surface area contributed by atoms with Crippen LogP contribution < -0.4 is 5.32 Å². The smallest absolute Gasteiger partial charge is 0.317 e. The van der Waals surface area contributed by atoms with E-state index in [1.54, 1.807) is 0 Å². The molecule has 1 aliphatic heterocycles. The maximum absolute atomic E-state index is 14.1. The van der Waals surface area contributed by atoms with Gasteiger partial charge in [-0.15, -0.1) is 11.8 Å². The van der Waals surface area contributed by atoms with Crippen molar-refractivity contribution in [1.29, 1.82) is 0 Å². The molecule has 0 radical (unpaired) electrons. The molecule has 1 saturated heterocycles. The maximum atomic E-state index is 14.1. The molecule has 1 nitrogen and oxygen atoms in total. The molecule has 2 fully saturated rings. The van der Waals surface area contributed by atoms with E-state index in [9.17, 15) is 26.3 Å². The Morgan fingerprint density at radius 3 is 2.43 bits per heavy atom. The number of nitrogens with one attached hydrogen (secondary N) is 1. The van der Waals surface area contributed by atoms with E-state index in [1.165, 1.54) is 0 Å². The summed E-state index contributed by atoms with van der Waals surface area (Å²) in [6.07, 6.45) is -4.04. The fraction of sp³-hybridized carbons (Fsp3) is 0.600. The van der Waals surface area contributed by atoms with Gasteiger partial charge < -0.3 is 5.32 Å². The van der Waals surface area contributed by atoms with Crippen LogP contribution in [0.15, 0.2) is 18.2 Å². The van der Waals surface area contributed by atoms with Crippen molar-refractivity contribution < 1.29 is 26.3 Å². The quantitative estimate of drug-likeness (QED) is 0.803. The molecule has 0 aromatic heterocycles. The highest BCUT2D eigenvalue weighted by Gasteiger charge is 2.79. The van der Waals surface area contributed by atoms with E-state index in [-0.39, 0.29) is 11.3 Å². The Balaban J connectivity index is 1.75. The highest BCUT2D eigenvalue weighted by atomic mass is 32.2. The van der Waals surface area contributed by atoms with Gasteiger partial charge in [0, 0.05) is 5.75 Å². The molecular formula is C15H15F6NS. The number of benzene rings is 1. The molecule has 1 aromatic carbocycles. The molecule has 1 atom stereocenters. The molecule has 1 N–H and O–H groups in total. The molecule has 0 bridgehead atoms. The molecule has 1 unspecified atom stereocenters. The second-order valence-electron chi connectivity index (χ2n) is 6.02. The minimum Gasteiger partial charge on any atom is -0.317 e. The van der Waals surface area contributed by atoms with Crippen LogP contribution in [0.5, 0.6) is 0 Å². The summed E-state index contributed by atoms with van der Waals surface area (Å²) in [5.74, 6) is -4.04. The van der Waals surface area contributed by atoms with Gasteiger partial charge in [-0.25, -0.2) is 13.2 Å². The number of halogens is 6. The van der Waals surface area contributed by atoms with E-state index < -0.39 is 34.1 Å². The Bertz CT molecular complexity index is 594. The first-order valence-corrected chi connectivity index (χ1v) is 8.29. The summed E-state index contributed by atoms with van der Waals surface area (Å²) in [6, 6.07) is 2.37. The standard InChI is InChI=1S/C15H15F6NS/c16-10-2-1-9(11(7-10)15(19,20)21)8-23-12-13(14(12,17)18)3-5-22-6-4-13/h1-2,7,12,22H,3-6,8H2. The fourth-order valence-corrected chi connectivity index (χ4v) is 5.00. The van der Waals surface area contributed by atoms with E-state index in [0.29, 0.717) is 32.0 Å². The first-order chi connectivity index (χ1) is 10.7. The molecule has 1 saturated carbocycles. The number of hydrogen-bond acceptors (Lipinski definition) is 2. The van der Waals surface area contributed by atoms with Crippen LogP contribution in [0.3, 0.4) is 0 Å². The van der Waals surface area contributed by atoms with Crippen LogP contribution in [0, 0.1) is 11.2 Å². The monoisotopic (exact) mass is 355 g/mol. The van der Waals surface area contributed by atoms with Crippen molar-refractivity contribution in [3.63, 3.8) is 0 Å². The summed E-state index contributed by atoms with van der Waals surface area (Å²) >= 11 is 0.844. The van der Waals surface area contributed by atoms with Crippen molar-refractivity contribution in [2.24, 2.45) is 5.41 Å². The molecule has 8 heteroatoms. The zero-order chi connectivity index (χ0) is 16.9. The van der Waals surface area contributed by atoms with Gasteiger partial charge in [0.05, 0.1) is 16.2 Å². The van der Waals surface area contributed by atoms with Crippen LogP contribution in [-0.2, 0) is 11.9 Å². The largest absolute Gasteiger partial charge is 0.416 e. The average molecular weight is 355 g/mol. The Morgan fingerprint density at radius 2 is 1.83 bits per heavy atom. The predicted octanol–water partition coefficient (Wildman–Crippen LogP) is 4.47. The topological polar surface area (TPSA) is 12.0 Å². The second kappa shape index (κ2) is 5.58. The van der Waals surface area contributed by atoms with Crippen molar-refractivity contribution in [3.8, 4) is 0 Å². The molecule has 0 amide bonds. The average Bonchev–Trinajstić information content (AvgIpc) is 2.91. The summed E-state index contributed by atoms with van der Waals surface area (Å²) in [5, 5.41) is 2.05. The molecule has 1 aromatic rings. The molecular weight excluding hydrogens is 340 g/mol. The lowest BCUT2D eigenvalue weighted by Gasteiger charge is -2.22. The van der Waals surface area contributed by atoms with Gasteiger partial charge in [-0.2, -0.15) is 13.2 Å². The van der Waals surface area contributed by atoms with Gasteiger partial charge in [-0.3, -0.25) is 0 Å². The number of hydrogen-bond donors (Lipinski definition) is 1. The van der Waals surface area contributed by atoms with E-state index in [0.717, 1.165) is 23.9 Å². The van der Waals surface area contributed by atoms with E-state index in [4.69, 9.17) is 0 Å². The maximum Gasteiger partial charge on any atom is 0.416 e. The zero-order valence-electron chi connectivity index (χ0n) is 12.0. The van der Waals surface area contributed by atoms with Crippen LogP contribution in [0.2, 0.25) is 0 Å². The Labute approximate surface area is 133 Å². The second-order valence-corrected chi connectivity index (χ2v) is 7.11. The van der Waals surface area contributed by atoms with E-state index >= 15 is 0 Å². The number of thioether (sulfide) groups is 1. The van der Waals surface area contributed by atoms with Crippen molar-refractivity contribution in [2.75, 3.05) is 13.1 Å². The molecule has 1 aliphatic carbocycles. The van der Waals surface area contributed by atoms with Gasteiger partial charge in [0.2, 0.25) is 0 Å². The number of piperidine rings is 1. The van der Waals surface area contributed by atoms with Crippen molar-refractivity contribution in [3.05, 3.63) is 35.1 Å². The summed E-state index contributed by atoms with van der Waals surface area (Å²) in [7, 11) is 0. The minimum absolute atomic E-state index is 0.157. The highest BCUT2D eigenvalue weighted by molar-refractivity contribution is 7.99. The molecule has 128 valence electrons. The molecule has 23 heavy (non-hydrogen) atoms. The first-order valence-electron chi connectivity index (χ1n) is 7.24. The summed E-state index contributed by atoms with van der Waals surface area (Å²) in [4.78, 5) is 0. The zero-order valence-corrected chi connectivity index (χ0v) is 12.8. The van der Waals surface area contributed by atoms with Crippen molar-refractivity contribution in [2.45, 2.75) is 35.9 Å². The van der Waals surface area contributed by atoms with Gasteiger partial charge in [0.15, 0.2) is 0 Å². The fourth-order valence-electron chi connectivity index (χ4n) is 3.32. The lowest BCUT2D eigenvalue weighted by Crippen LogP contribution is -2.32. The van der Waals surface area contributed by atoms with E-state index in [2.05, 4.69) is 5.32 Å². The van der Waals surface area contributed by atoms with Crippen LogP contribution >= 0.6 is 11.8 Å². The van der Waals surface area contributed by atoms with Gasteiger partial charge in [0.25, 0.3) is 5.92 Å². The number of rotatable bonds is 3. The minimum atomic E-state index is -4.70. The lowest BCUT2D eigenvalue weighted by molar-refractivity contribution is -0.138. The normalized spacial score (nSPS) is 25.6. The highest BCUT2D eigenvalue weighted by Crippen LogP contribution is 2.70. The van der Waals surface area contributed by atoms with Crippen LogP contribution in [0.1, 0.15) is 24.0 Å². The third kappa shape index (κ3) is 2.84. The van der Waals surface area contributed by atoms with Gasteiger partial charge in [-0.05, 0) is 43.6 Å². The van der Waals surface area contributed by atoms with Crippen molar-refractivity contribution in [1.82, 2.24) is 5.32 Å². The van der Waals surface area contributed by atoms with Gasteiger partial charge >= 0.3 is 6.18 Å². The Hall–Kier alpha value is -0.890. The number of alkyl halides is 5. The third-order valence-electron chi connectivity index (χ3n) is 4.69. The van der Waals surface area contributed by atoms with Crippen LogP contribution in [0.4, 0.5) is 26.3 Å². The van der Waals surface area contributed by atoms with Crippen molar-refractivity contribution >= 4 is 11.8 Å². The SMILES string of the molecule is Fc1ccc(CSC2C(F)(F)C23CCNCC3)c(C(F)(F)F)c1. The summed E-state index contributed by atoms with van der Waals surface area (Å²) in [6.45, 7) is 0.994. The van der Waals surface area contributed by atoms with Crippen LogP contribution in [0.25, 0.3) is 0 Å². The summed E-state index contributed by atoms with van der Waals surface area (Å²) in [5.41, 5.74) is -2.34. The van der Waals surface area contributed by atoms with Crippen LogP contribution in [-0.4, -0.2) is 24.3 Å². The molecule has 3 rings (SSSR count). The predicted molar refractivity (Wildman–Crippen MR) is 76.0 cm³/mol.